The number of hydrogen-bond acceptors (Lipinski definition) is 4. The first-order valence-electron chi connectivity index (χ1n) is 7.41. The zero-order valence-electron chi connectivity index (χ0n) is 13.5. The molecule has 24 heavy (non-hydrogen) atoms. The van der Waals surface area contributed by atoms with Crippen LogP contribution in [0.1, 0.15) is 20.8 Å². The second-order valence-electron chi connectivity index (χ2n) is 5.45. The first kappa shape index (κ1) is 17.6. The molecule has 6 nitrogen and oxygen atoms in total. The Morgan fingerprint density at radius 2 is 1.96 bits per heavy atom. The molecule has 0 bridgehead atoms. The molecule has 1 aromatic carbocycles. The highest BCUT2D eigenvalue weighted by atomic mass is 19.1. The summed E-state index contributed by atoms with van der Waals surface area (Å²) in [5.41, 5.74) is 0.746. The summed E-state index contributed by atoms with van der Waals surface area (Å²) in [5, 5.41) is 5.31. The average Bonchev–Trinajstić information content (AvgIpc) is 2.54. The van der Waals surface area contributed by atoms with Crippen molar-refractivity contribution in [3.05, 3.63) is 59.7 Å². The normalized spacial score (nSPS) is 10.5. The molecule has 7 heteroatoms. The standard InChI is InChI=1S/C17H19FN4O2/c1-22(2)9-8-20-16(23)12-6-7-19-15(10-12)17(24)21-14-5-3-4-13(18)11-14/h3-7,10-11H,8-9H2,1-2H3,(H,20,23)(H,21,24). The molecule has 0 fully saturated rings. The van der Waals surface area contributed by atoms with Crippen LogP contribution in [-0.4, -0.2) is 48.9 Å². The summed E-state index contributed by atoms with van der Waals surface area (Å²) in [6.07, 6.45) is 1.39. The number of carbonyl (C=O) groups is 2. The third kappa shape index (κ3) is 5.13. The number of aromatic nitrogens is 1. The fourth-order valence-electron chi connectivity index (χ4n) is 1.95. The average molecular weight is 330 g/mol. The Morgan fingerprint density at radius 1 is 1.17 bits per heavy atom. The Morgan fingerprint density at radius 3 is 2.67 bits per heavy atom. The molecule has 0 atom stereocenters. The van der Waals surface area contributed by atoms with Gasteiger partial charge in [-0.25, -0.2) is 4.39 Å². The Bertz CT molecular complexity index is 734. The van der Waals surface area contributed by atoms with E-state index < -0.39 is 11.7 Å². The molecule has 0 aliphatic rings. The van der Waals surface area contributed by atoms with Crippen molar-refractivity contribution < 1.29 is 14.0 Å². The van der Waals surface area contributed by atoms with Crippen molar-refractivity contribution in [2.45, 2.75) is 0 Å². The molecule has 0 spiro atoms. The van der Waals surface area contributed by atoms with Crippen LogP contribution in [0, 0.1) is 5.82 Å². The highest BCUT2D eigenvalue weighted by molar-refractivity contribution is 6.04. The van der Waals surface area contributed by atoms with Gasteiger partial charge in [-0.05, 0) is 44.4 Å². The molecule has 2 rings (SSSR count). The molecule has 0 radical (unpaired) electrons. The van der Waals surface area contributed by atoms with Gasteiger partial charge in [0.05, 0.1) is 0 Å². The first-order chi connectivity index (χ1) is 11.5. The molecular formula is C17H19FN4O2. The van der Waals surface area contributed by atoms with Gasteiger partial charge >= 0.3 is 0 Å². The predicted molar refractivity (Wildman–Crippen MR) is 89.5 cm³/mol. The summed E-state index contributed by atoms with van der Waals surface area (Å²) in [6.45, 7) is 1.21. The second-order valence-corrected chi connectivity index (χ2v) is 5.45. The van der Waals surface area contributed by atoms with Crippen molar-refractivity contribution in [1.82, 2.24) is 15.2 Å². The molecule has 2 N–H and O–H groups in total. The highest BCUT2D eigenvalue weighted by Gasteiger charge is 2.12. The van der Waals surface area contributed by atoms with Gasteiger partial charge in [0, 0.05) is 30.5 Å². The minimum absolute atomic E-state index is 0.0829. The van der Waals surface area contributed by atoms with E-state index in [4.69, 9.17) is 0 Å². The van der Waals surface area contributed by atoms with Gasteiger partial charge < -0.3 is 15.5 Å². The number of hydrogen-bond donors (Lipinski definition) is 2. The summed E-state index contributed by atoms with van der Waals surface area (Å²) in [4.78, 5) is 30.1. The zero-order chi connectivity index (χ0) is 17.5. The molecule has 0 aliphatic carbocycles. The van der Waals surface area contributed by atoms with E-state index >= 15 is 0 Å². The van der Waals surface area contributed by atoms with Crippen molar-refractivity contribution >= 4 is 17.5 Å². The summed E-state index contributed by atoms with van der Waals surface area (Å²) in [7, 11) is 3.82. The van der Waals surface area contributed by atoms with Crippen LogP contribution >= 0.6 is 0 Å². The molecule has 1 heterocycles. The molecule has 2 aromatic rings. The van der Waals surface area contributed by atoms with Crippen LogP contribution < -0.4 is 10.6 Å². The van der Waals surface area contributed by atoms with Gasteiger partial charge in [-0.15, -0.1) is 0 Å². The quantitative estimate of drug-likeness (QED) is 0.846. The monoisotopic (exact) mass is 330 g/mol. The van der Waals surface area contributed by atoms with E-state index in [2.05, 4.69) is 15.6 Å². The van der Waals surface area contributed by atoms with Gasteiger partial charge in [-0.1, -0.05) is 6.07 Å². The topological polar surface area (TPSA) is 74.3 Å². The van der Waals surface area contributed by atoms with Crippen LogP contribution in [0.2, 0.25) is 0 Å². The van der Waals surface area contributed by atoms with Gasteiger partial charge in [0.1, 0.15) is 11.5 Å². The minimum atomic E-state index is -0.511. The number of amides is 2. The molecule has 0 aliphatic heterocycles. The maximum absolute atomic E-state index is 13.1. The van der Waals surface area contributed by atoms with Gasteiger partial charge in [-0.2, -0.15) is 0 Å². The van der Waals surface area contributed by atoms with Crippen LogP contribution in [0.4, 0.5) is 10.1 Å². The summed E-state index contributed by atoms with van der Waals surface area (Å²) >= 11 is 0. The molecule has 0 unspecified atom stereocenters. The Balaban J connectivity index is 2.03. The smallest absolute Gasteiger partial charge is 0.274 e. The van der Waals surface area contributed by atoms with Crippen molar-refractivity contribution in [3.8, 4) is 0 Å². The van der Waals surface area contributed by atoms with Gasteiger partial charge in [0.2, 0.25) is 0 Å². The minimum Gasteiger partial charge on any atom is -0.351 e. The van der Waals surface area contributed by atoms with E-state index in [9.17, 15) is 14.0 Å². The maximum atomic E-state index is 13.1. The van der Waals surface area contributed by atoms with Crippen LogP contribution in [0.3, 0.4) is 0 Å². The number of rotatable bonds is 6. The van der Waals surface area contributed by atoms with Crippen LogP contribution in [0.25, 0.3) is 0 Å². The van der Waals surface area contributed by atoms with E-state index in [1.54, 1.807) is 6.07 Å². The van der Waals surface area contributed by atoms with E-state index in [0.29, 0.717) is 24.3 Å². The fourth-order valence-corrected chi connectivity index (χ4v) is 1.95. The summed E-state index contributed by atoms with van der Waals surface area (Å²) in [6, 6.07) is 8.48. The van der Waals surface area contributed by atoms with Crippen LogP contribution in [-0.2, 0) is 0 Å². The van der Waals surface area contributed by atoms with Crippen LogP contribution in [0.5, 0.6) is 0 Å². The Labute approximate surface area is 139 Å². The molecular weight excluding hydrogens is 311 g/mol. The van der Waals surface area contributed by atoms with Crippen molar-refractivity contribution in [2.24, 2.45) is 0 Å². The zero-order valence-corrected chi connectivity index (χ0v) is 13.5. The number of benzene rings is 1. The Kier molecular flexibility index (Phi) is 5.97. The SMILES string of the molecule is CN(C)CCNC(=O)c1ccnc(C(=O)Nc2cccc(F)c2)c1. The number of pyridine rings is 1. The fraction of sp³-hybridized carbons (Fsp3) is 0.235. The molecule has 0 saturated carbocycles. The third-order valence-electron chi connectivity index (χ3n) is 3.18. The van der Waals surface area contributed by atoms with Crippen molar-refractivity contribution in [3.63, 3.8) is 0 Å². The number of halogens is 1. The van der Waals surface area contributed by atoms with Crippen molar-refractivity contribution in [1.29, 1.82) is 0 Å². The molecule has 2 amide bonds. The Hall–Kier alpha value is -2.80. The number of likely N-dealkylation sites (N-methyl/N-ethyl adjacent to an activating group) is 1. The number of nitrogens with zero attached hydrogens (tertiary/aromatic N) is 2. The largest absolute Gasteiger partial charge is 0.351 e. The van der Waals surface area contributed by atoms with E-state index in [0.717, 1.165) is 0 Å². The van der Waals surface area contributed by atoms with Crippen LogP contribution in [0.15, 0.2) is 42.6 Å². The molecule has 126 valence electrons. The van der Waals surface area contributed by atoms with E-state index in [1.165, 1.54) is 36.5 Å². The number of anilines is 1. The molecule has 0 saturated heterocycles. The second kappa shape index (κ2) is 8.16. The third-order valence-corrected chi connectivity index (χ3v) is 3.18. The van der Waals surface area contributed by atoms with E-state index in [-0.39, 0.29) is 11.6 Å². The van der Waals surface area contributed by atoms with Crippen molar-refractivity contribution in [2.75, 3.05) is 32.5 Å². The lowest BCUT2D eigenvalue weighted by Crippen LogP contribution is -2.31. The van der Waals surface area contributed by atoms with Gasteiger partial charge in [0.15, 0.2) is 0 Å². The van der Waals surface area contributed by atoms with Gasteiger partial charge in [-0.3, -0.25) is 14.6 Å². The predicted octanol–water partition coefficient (Wildman–Crippen LogP) is 1.76. The summed E-state index contributed by atoms with van der Waals surface area (Å²) < 4.78 is 13.1. The van der Waals surface area contributed by atoms with E-state index in [1.807, 2.05) is 19.0 Å². The van der Waals surface area contributed by atoms with Gasteiger partial charge in [0.25, 0.3) is 11.8 Å². The lowest BCUT2D eigenvalue weighted by atomic mass is 10.2. The maximum Gasteiger partial charge on any atom is 0.274 e. The highest BCUT2D eigenvalue weighted by Crippen LogP contribution is 2.11. The first-order valence-corrected chi connectivity index (χ1v) is 7.41. The number of nitrogens with one attached hydrogen (secondary N) is 2. The molecule has 1 aromatic heterocycles. The number of carbonyl (C=O) groups excluding carboxylic acids is 2. The lowest BCUT2D eigenvalue weighted by Gasteiger charge is -2.10. The lowest BCUT2D eigenvalue weighted by molar-refractivity contribution is 0.0951. The summed E-state index contributed by atoms with van der Waals surface area (Å²) in [5.74, 6) is -1.24.